The summed E-state index contributed by atoms with van der Waals surface area (Å²) in [5.74, 6) is 1.14. The van der Waals surface area contributed by atoms with Gasteiger partial charge in [-0.3, -0.25) is 4.39 Å². The van der Waals surface area contributed by atoms with E-state index in [9.17, 15) is 4.39 Å². The zero-order valence-electron chi connectivity index (χ0n) is 7.47. The van der Waals surface area contributed by atoms with Gasteiger partial charge in [0, 0.05) is 5.75 Å². The largest absolute Gasteiger partial charge is 0.321 e. The van der Waals surface area contributed by atoms with Crippen molar-refractivity contribution in [1.82, 2.24) is 0 Å². The number of nitrogens with zero attached hydrogens (tertiary/aromatic N) is 1. The molecule has 0 aliphatic carbocycles. The number of hydrogen-bond donors (Lipinski definition) is 0. The van der Waals surface area contributed by atoms with Crippen molar-refractivity contribution < 1.29 is 13.6 Å². The second-order valence-electron chi connectivity index (χ2n) is 3.34. The van der Waals surface area contributed by atoms with Crippen molar-refractivity contribution in [2.45, 2.75) is 0 Å². The zero-order valence-corrected chi connectivity index (χ0v) is 8.29. The topological polar surface area (TPSA) is 9.23 Å². The summed E-state index contributed by atoms with van der Waals surface area (Å²) < 4.78 is 17.6. The minimum absolute atomic E-state index is 0.265. The van der Waals surface area contributed by atoms with Gasteiger partial charge in [0.1, 0.15) is 0 Å². The number of quaternary nitrogens is 1. The molecule has 0 N–H and O–H groups in total. The number of halogens is 1. The van der Waals surface area contributed by atoms with Crippen LogP contribution in [0.3, 0.4) is 0 Å². The van der Waals surface area contributed by atoms with Crippen LogP contribution in [-0.2, 0) is 4.74 Å². The van der Waals surface area contributed by atoms with E-state index in [0.717, 1.165) is 4.48 Å². The maximum atomic E-state index is 11.6. The number of hydrogen-bond acceptors (Lipinski definition) is 2. The summed E-state index contributed by atoms with van der Waals surface area (Å²) in [6.07, 6.45) is 0. The number of rotatable bonds is 6. The highest BCUT2D eigenvalue weighted by Gasteiger charge is 2.04. The Morgan fingerprint density at radius 1 is 1.36 bits per heavy atom. The van der Waals surface area contributed by atoms with Crippen molar-refractivity contribution in [3.05, 3.63) is 0 Å². The predicted octanol–water partition coefficient (Wildman–Crippen LogP) is 1.33. The first-order valence-electron chi connectivity index (χ1n) is 3.58. The van der Waals surface area contributed by atoms with Crippen LogP contribution in [0.25, 0.3) is 0 Å². The Kier molecular flexibility index (Phi) is 5.91. The fourth-order valence-corrected chi connectivity index (χ4v) is 0.903. The Labute approximate surface area is 72.3 Å². The average Bonchev–Trinajstić information content (AvgIpc) is 1.85. The Bertz CT molecular complexity index is 94.9. The second-order valence-corrected chi connectivity index (χ2v) is 4.39. The molecule has 0 amide bonds. The minimum Gasteiger partial charge on any atom is -0.321 e. The van der Waals surface area contributed by atoms with E-state index < -0.39 is 0 Å². The molecule has 0 aliphatic heterocycles. The van der Waals surface area contributed by atoms with Crippen molar-refractivity contribution in [2.75, 3.05) is 46.2 Å². The van der Waals surface area contributed by atoms with E-state index in [0.29, 0.717) is 18.4 Å². The normalized spacial score (nSPS) is 12.0. The van der Waals surface area contributed by atoms with E-state index in [2.05, 4.69) is 21.1 Å². The monoisotopic (exact) mass is 182 g/mol. The van der Waals surface area contributed by atoms with Crippen LogP contribution in [0.4, 0.5) is 4.39 Å². The third kappa shape index (κ3) is 10.2. The quantitative estimate of drug-likeness (QED) is 0.348. The van der Waals surface area contributed by atoms with E-state index in [1.807, 2.05) is 0 Å². The van der Waals surface area contributed by atoms with Crippen LogP contribution in [0.1, 0.15) is 0 Å². The average molecular weight is 182 g/mol. The van der Waals surface area contributed by atoms with Gasteiger partial charge >= 0.3 is 0 Å². The van der Waals surface area contributed by atoms with Crippen molar-refractivity contribution in [2.24, 2.45) is 0 Å². The van der Waals surface area contributed by atoms with Gasteiger partial charge in [-0.2, -0.15) is 0 Å². The summed E-state index contributed by atoms with van der Waals surface area (Å²) in [4.78, 5) is 0. The molecular formula is C7H17FNOS+. The molecule has 0 radical (unpaired) electrons. The molecule has 0 heterocycles. The van der Waals surface area contributed by atoms with Crippen LogP contribution < -0.4 is 0 Å². The summed E-state index contributed by atoms with van der Waals surface area (Å²) in [5, 5.41) is 0. The van der Waals surface area contributed by atoms with Gasteiger partial charge in [0.25, 0.3) is 0 Å². The van der Waals surface area contributed by atoms with Gasteiger partial charge in [-0.05, 0) is 0 Å². The molecular weight excluding hydrogens is 165 g/mol. The van der Waals surface area contributed by atoms with Gasteiger partial charge in [-0.25, -0.2) is 0 Å². The molecule has 0 aromatic rings. The van der Waals surface area contributed by atoms with Crippen LogP contribution >= 0.6 is 11.8 Å². The van der Waals surface area contributed by atoms with E-state index in [1.54, 1.807) is 0 Å². The highest BCUT2D eigenvalue weighted by atomic mass is 32.2. The fourth-order valence-electron chi connectivity index (χ4n) is 0.484. The molecule has 68 valence electrons. The molecule has 0 aromatic carbocycles. The molecule has 11 heavy (non-hydrogen) atoms. The lowest BCUT2D eigenvalue weighted by molar-refractivity contribution is -0.890. The SMILES string of the molecule is C[N+](C)(C)COCSCCF. The van der Waals surface area contributed by atoms with Gasteiger partial charge in [-0.1, -0.05) is 0 Å². The van der Waals surface area contributed by atoms with Gasteiger partial charge in [0.2, 0.25) is 0 Å². The van der Waals surface area contributed by atoms with Crippen molar-refractivity contribution in [3.8, 4) is 0 Å². The molecule has 0 unspecified atom stereocenters. The zero-order chi connectivity index (χ0) is 8.74. The molecule has 0 atom stereocenters. The third-order valence-electron chi connectivity index (χ3n) is 0.867. The maximum Gasteiger partial charge on any atom is 0.183 e. The smallest absolute Gasteiger partial charge is 0.183 e. The molecule has 4 heteroatoms. The number of alkyl halides is 1. The first kappa shape index (κ1) is 11.2. The maximum absolute atomic E-state index is 11.6. The van der Waals surface area contributed by atoms with Crippen LogP contribution in [0.2, 0.25) is 0 Å². The Morgan fingerprint density at radius 3 is 2.45 bits per heavy atom. The van der Waals surface area contributed by atoms with E-state index in [-0.39, 0.29) is 6.67 Å². The molecule has 0 aromatic heterocycles. The lowest BCUT2D eigenvalue weighted by Gasteiger charge is -2.22. The second kappa shape index (κ2) is 5.80. The van der Waals surface area contributed by atoms with E-state index in [4.69, 9.17) is 4.74 Å². The first-order chi connectivity index (χ1) is 5.06. The van der Waals surface area contributed by atoms with Crippen molar-refractivity contribution in [1.29, 1.82) is 0 Å². The first-order valence-corrected chi connectivity index (χ1v) is 4.73. The summed E-state index contributed by atoms with van der Waals surface area (Å²) in [6, 6.07) is 0. The third-order valence-corrected chi connectivity index (χ3v) is 1.64. The standard InChI is InChI=1S/C7H17FNOS/c1-9(2,3)6-10-7-11-5-4-8/h4-7H2,1-3H3/q+1. The lowest BCUT2D eigenvalue weighted by atomic mass is 10.7. The predicted molar refractivity (Wildman–Crippen MR) is 47.3 cm³/mol. The van der Waals surface area contributed by atoms with Gasteiger partial charge in [0.15, 0.2) is 6.73 Å². The molecule has 0 aliphatic rings. The number of thioether (sulfide) groups is 1. The van der Waals surface area contributed by atoms with E-state index >= 15 is 0 Å². The number of ether oxygens (including phenoxy) is 1. The van der Waals surface area contributed by atoms with Crippen LogP contribution in [0, 0.1) is 0 Å². The molecule has 2 nitrogen and oxygen atoms in total. The minimum atomic E-state index is -0.265. The van der Waals surface area contributed by atoms with Crippen LogP contribution in [0.5, 0.6) is 0 Å². The summed E-state index contributed by atoms with van der Waals surface area (Å²) >= 11 is 1.49. The fraction of sp³-hybridized carbons (Fsp3) is 1.00. The van der Waals surface area contributed by atoms with Crippen molar-refractivity contribution >= 4 is 11.8 Å². The van der Waals surface area contributed by atoms with Gasteiger partial charge in [0.05, 0.1) is 33.8 Å². The summed E-state index contributed by atoms with van der Waals surface area (Å²) in [7, 11) is 6.17. The van der Waals surface area contributed by atoms with Crippen molar-refractivity contribution in [3.63, 3.8) is 0 Å². The molecule has 0 spiro atoms. The Balaban J connectivity index is 3.02. The highest BCUT2D eigenvalue weighted by molar-refractivity contribution is 7.99. The lowest BCUT2D eigenvalue weighted by Crippen LogP contribution is -2.36. The van der Waals surface area contributed by atoms with Crippen LogP contribution in [0.15, 0.2) is 0 Å². The molecule has 0 fully saturated rings. The van der Waals surface area contributed by atoms with E-state index in [1.165, 1.54) is 11.8 Å². The molecule has 0 rings (SSSR count). The Morgan fingerprint density at radius 2 is 2.00 bits per heavy atom. The van der Waals surface area contributed by atoms with Gasteiger partial charge < -0.3 is 9.22 Å². The van der Waals surface area contributed by atoms with Crippen LogP contribution in [-0.4, -0.2) is 50.7 Å². The summed E-state index contributed by atoms with van der Waals surface area (Å²) in [6.45, 7) is 0.414. The Hall–Kier alpha value is 0.200. The molecule has 0 saturated carbocycles. The molecule has 0 bridgehead atoms. The highest BCUT2D eigenvalue weighted by Crippen LogP contribution is 2.01. The molecule has 0 saturated heterocycles. The van der Waals surface area contributed by atoms with Gasteiger partial charge in [-0.15, -0.1) is 11.8 Å². The summed E-state index contributed by atoms with van der Waals surface area (Å²) in [5.41, 5.74) is 0.